The van der Waals surface area contributed by atoms with E-state index in [1.165, 1.54) is 45.3 Å². The number of hydrogen-bond donors (Lipinski definition) is 2. The molecule has 0 spiro atoms. The molecule has 0 aliphatic carbocycles. The highest BCUT2D eigenvalue weighted by Crippen LogP contribution is 2.20. The summed E-state index contributed by atoms with van der Waals surface area (Å²) in [7, 11) is 4.34. The largest absolute Gasteiger partial charge is 0.394 e. The molecule has 1 saturated heterocycles. The van der Waals surface area contributed by atoms with Crippen LogP contribution in [0.25, 0.3) is 0 Å². The van der Waals surface area contributed by atoms with E-state index in [-0.39, 0.29) is 12.1 Å². The lowest BCUT2D eigenvalue weighted by Crippen LogP contribution is -2.46. The van der Waals surface area contributed by atoms with Crippen LogP contribution < -0.4 is 5.32 Å². The highest BCUT2D eigenvalue weighted by Gasteiger charge is 2.25. The number of rotatable bonds is 11. The third-order valence-electron chi connectivity index (χ3n) is 4.65. The fourth-order valence-electron chi connectivity index (χ4n) is 3.30. The molecule has 0 aromatic rings. The summed E-state index contributed by atoms with van der Waals surface area (Å²) < 4.78 is 0. The number of unbranched alkanes of at least 4 members (excludes halogenated alkanes) is 1. The molecule has 1 heterocycles. The van der Waals surface area contributed by atoms with E-state index in [2.05, 4.69) is 43.1 Å². The van der Waals surface area contributed by atoms with Gasteiger partial charge in [0.05, 0.1) is 6.61 Å². The van der Waals surface area contributed by atoms with Crippen molar-refractivity contribution in [3.8, 4) is 0 Å². The van der Waals surface area contributed by atoms with Crippen LogP contribution in [0.1, 0.15) is 52.4 Å². The average Bonchev–Trinajstić information content (AvgIpc) is 2.88. The molecule has 1 aliphatic rings. The SMILES string of the molecule is CCCNC(C)(CO)CCCCN1CCCC1CN(C)C. The minimum absolute atomic E-state index is 0.0932. The summed E-state index contributed by atoms with van der Waals surface area (Å²) in [4.78, 5) is 4.97. The highest BCUT2D eigenvalue weighted by atomic mass is 16.3. The van der Waals surface area contributed by atoms with Crippen LogP contribution in [0.5, 0.6) is 0 Å². The van der Waals surface area contributed by atoms with E-state index in [9.17, 15) is 5.11 Å². The molecule has 126 valence electrons. The molecule has 2 atom stereocenters. The van der Waals surface area contributed by atoms with Crippen LogP contribution in [0, 0.1) is 0 Å². The minimum atomic E-state index is -0.0932. The number of aliphatic hydroxyl groups excluding tert-OH is 1. The molecular weight excluding hydrogens is 262 g/mol. The van der Waals surface area contributed by atoms with Gasteiger partial charge in [0.15, 0.2) is 0 Å². The van der Waals surface area contributed by atoms with Crippen LogP contribution in [-0.4, -0.2) is 73.4 Å². The Kier molecular flexibility index (Phi) is 8.79. The van der Waals surface area contributed by atoms with Crippen molar-refractivity contribution in [1.82, 2.24) is 15.1 Å². The molecule has 4 heteroatoms. The van der Waals surface area contributed by atoms with Gasteiger partial charge in [0.1, 0.15) is 0 Å². The molecule has 0 radical (unpaired) electrons. The van der Waals surface area contributed by atoms with E-state index in [1.54, 1.807) is 0 Å². The monoisotopic (exact) mass is 299 g/mol. The predicted octanol–water partition coefficient (Wildman–Crippen LogP) is 1.93. The summed E-state index contributed by atoms with van der Waals surface area (Å²) in [5.41, 5.74) is -0.0932. The number of aliphatic hydroxyl groups is 1. The van der Waals surface area contributed by atoms with Gasteiger partial charge in [-0.25, -0.2) is 0 Å². The van der Waals surface area contributed by atoms with Gasteiger partial charge in [-0.2, -0.15) is 0 Å². The summed E-state index contributed by atoms with van der Waals surface area (Å²) in [6, 6.07) is 0.752. The molecule has 1 fully saturated rings. The van der Waals surface area contributed by atoms with Gasteiger partial charge in [0.2, 0.25) is 0 Å². The quantitative estimate of drug-likeness (QED) is 0.572. The smallest absolute Gasteiger partial charge is 0.0610 e. The Morgan fingerprint density at radius 3 is 2.71 bits per heavy atom. The second-order valence-corrected chi connectivity index (χ2v) is 7.20. The molecule has 4 nitrogen and oxygen atoms in total. The zero-order chi connectivity index (χ0) is 15.7. The molecule has 21 heavy (non-hydrogen) atoms. The second kappa shape index (κ2) is 9.78. The van der Waals surface area contributed by atoms with Crippen molar-refractivity contribution < 1.29 is 5.11 Å². The van der Waals surface area contributed by atoms with Crippen LogP contribution in [0.3, 0.4) is 0 Å². The number of likely N-dealkylation sites (N-methyl/N-ethyl adjacent to an activating group) is 1. The van der Waals surface area contributed by atoms with E-state index >= 15 is 0 Å². The molecule has 2 unspecified atom stereocenters. The van der Waals surface area contributed by atoms with E-state index in [1.807, 2.05) is 0 Å². The van der Waals surface area contributed by atoms with Crippen LogP contribution in [-0.2, 0) is 0 Å². The lowest BCUT2D eigenvalue weighted by molar-refractivity contribution is 0.158. The van der Waals surface area contributed by atoms with Crippen molar-refractivity contribution in [3.63, 3.8) is 0 Å². The van der Waals surface area contributed by atoms with Gasteiger partial charge in [-0.3, -0.25) is 4.90 Å². The Bertz CT molecular complexity index is 273. The number of nitrogens with one attached hydrogen (secondary N) is 1. The van der Waals surface area contributed by atoms with Crippen molar-refractivity contribution in [1.29, 1.82) is 0 Å². The molecule has 0 bridgehead atoms. The van der Waals surface area contributed by atoms with Crippen LogP contribution in [0.2, 0.25) is 0 Å². The van der Waals surface area contributed by atoms with Crippen molar-refractivity contribution in [2.24, 2.45) is 0 Å². The first-order chi connectivity index (χ1) is 10.0. The van der Waals surface area contributed by atoms with Crippen molar-refractivity contribution in [2.45, 2.75) is 64.0 Å². The van der Waals surface area contributed by atoms with Gasteiger partial charge in [0.25, 0.3) is 0 Å². The molecule has 1 rings (SSSR count). The summed E-state index contributed by atoms with van der Waals surface area (Å²) in [5.74, 6) is 0. The predicted molar refractivity (Wildman–Crippen MR) is 90.8 cm³/mol. The van der Waals surface area contributed by atoms with E-state index in [4.69, 9.17) is 0 Å². The molecule has 0 amide bonds. The van der Waals surface area contributed by atoms with Gasteiger partial charge in [-0.15, -0.1) is 0 Å². The van der Waals surface area contributed by atoms with Crippen molar-refractivity contribution >= 4 is 0 Å². The Hall–Kier alpha value is -0.160. The van der Waals surface area contributed by atoms with Crippen molar-refractivity contribution in [3.05, 3.63) is 0 Å². The lowest BCUT2D eigenvalue weighted by atomic mass is 9.95. The minimum Gasteiger partial charge on any atom is -0.394 e. The topological polar surface area (TPSA) is 38.7 Å². The number of nitrogens with zero attached hydrogens (tertiary/aromatic N) is 2. The molecule has 0 aromatic heterocycles. The fraction of sp³-hybridized carbons (Fsp3) is 1.00. The third kappa shape index (κ3) is 7.09. The van der Waals surface area contributed by atoms with Gasteiger partial charge in [-0.05, 0) is 72.8 Å². The maximum absolute atomic E-state index is 9.59. The second-order valence-electron chi connectivity index (χ2n) is 7.20. The van der Waals surface area contributed by atoms with E-state index in [0.717, 1.165) is 25.4 Å². The van der Waals surface area contributed by atoms with Crippen LogP contribution in [0.4, 0.5) is 0 Å². The van der Waals surface area contributed by atoms with Gasteiger partial charge < -0.3 is 15.3 Å². The highest BCUT2D eigenvalue weighted by molar-refractivity contribution is 4.83. The summed E-state index contributed by atoms with van der Waals surface area (Å²) >= 11 is 0. The Morgan fingerprint density at radius 1 is 1.33 bits per heavy atom. The Morgan fingerprint density at radius 2 is 2.10 bits per heavy atom. The molecular formula is C17H37N3O. The van der Waals surface area contributed by atoms with Gasteiger partial charge in [-0.1, -0.05) is 13.3 Å². The Balaban J connectivity index is 2.23. The standard InChI is InChI=1S/C17H37N3O/c1-5-11-18-17(2,15-21)10-6-7-12-20-13-8-9-16(20)14-19(3)4/h16,18,21H,5-15H2,1-4H3. The van der Waals surface area contributed by atoms with Gasteiger partial charge >= 0.3 is 0 Å². The summed E-state index contributed by atoms with van der Waals surface area (Å²) in [6.45, 7) is 9.22. The number of hydrogen-bond acceptors (Lipinski definition) is 4. The maximum Gasteiger partial charge on any atom is 0.0610 e. The van der Waals surface area contributed by atoms with E-state index < -0.39 is 0 Å². The normalized spacial score (nSPS) is 22.9. The average molecular weight is 300 g/mol. The first-order valence-corrected chi connectivity index (χ1v) is 8.75. The summed E-state index contributed by atoms with van der Waals surface area (Å²) in [6.07, 6.45) is 7.33. The van der Waals surface area contributed by atoms with Crippen LogP contribution >= 0.6 is 0 Å². The third-order valence-corrected chi connectivity index (χ3v) is 4.65. The van der Waals surface area contributed by atoms with E-state index in [0.29, 0.717) is 0 Å². The Labute approximate surface area is 131 Å². The molecule has 2 N–H and O–H groups in total. The maximum atomic E-state index is 9.59. The summed E-state index contributed by atoms with van der Waals surface area (Å²) in [5, 5.41) is 13.1. The molecule has 0 saturated carbocycles. The fourth-order valence-corrected chi connectivity index (χ4v) is 3.30. The number of likely N-dealkylation sites (tertiary alicyclic amines) is 1. The van der Waals surface area contributed by atoms with Crippen molar-refractivity contribution in [2.75, 3.05) is 46.9 Å². The zero-order valence-corrected chi connectivity index (χ0v) is 14.7. The molecule has 0 aromatic carbocycles. The lowest BCUT2D eigenvalue weighted by Gasteiger charge is -2.30. The first kappa shape index (κ1) is 18.9. The molecule has 1 aliphatic heterocycles. The zero-order valence-electron chi connectivity index (χ0n) is 14.7. The van der Waals surface area contributed by atoms with Gasteiger partial charge in [0, 0.05) is 18.1 Å². The van der Waals surface area contributed by atoms with Crippen LogP contribution in [0.15, 0.2) is 0 Å². The first-order valence-electron chi connectivity index (χ1n) is 8.75.